The zero-order chi connectivity index (χ0) is 14.7. The van der Waals surface area contributed by atoms with Crippen LogP contribution in [0, 0.1) is 5.41 Å². The predicted octanol–water partition coefficient (Wildman–Crippen LogP) is 1.23. The fraction of sp³-hybridized carbons (Fsp3) is 0.385. The van der Waals surface area contributed by atoms with Crippen LogP contribution in [-0.2, 0) is 24.2 Å². The maximum atomic E-state index is 12.0. The highest BCUT2D eigenvalue weighted by molar-refractivity contribution is 7.92. The second-order valence-corrected chi connectivity index (χ2v) is 6.60. The van der Waals surface area contributed by atoms with Gasteiger partial charge in [-0.25, -0.2) is 8.42 Å². The van der Waals surface area contributed by atoms with E-state index in [-0.39, 0.29) is 4.90 Å². The number of benzene rings is 1. The standard InChI is InChI=1S/C13H16O5S/c1-13(2,12(15)18-3)11(14)9-19(16,17)10-7-5-4-6-8-10/h4-8H,9H2,1-3H3. The summed E-state index contributed by atoms with van der Waals surface area (Å²) < 4.78 is 28.6. The number of esters is 1. The van der Waals surface area contributed by atoms with Crippen LogP contribution in [0.4, 0.5) is 0 Å². The van der Waals surface area contributed by atoms with Crippen molar-refractivity contribution in [1.29, 1.82) is 0 Å². The molecule has 0 fully saturated rings. The van der Waals surface area contributed by atoms with E-state index in [4.69, 9.17) is 0 Å². The van der Waals surface area contributed by atoms with Crippen molar-refractivity contribution in [3.8, 4) is 0 Å². The van der Waals surface area contributed by atoms with Gasteiger partial charge in [0.2, 0.25) is 0 Å². The molecule has 0 aliphatic carbocycles. The van der Waals surface area contributed by atoms with E-state index < -0.39 is 32.8 Å². The van der Waals surface area contributed by atoms with E-state index in [2.05, 4.69) is 4.74 Å². The van der Waals surface area contributed by atoms with E-state index in [0.29, 0.717) is 0 Å². The highest BCUT2D eigenvalue weighted by Crippen LogP contribution is 2.21. The van der Waals surface area contributed by atoms with Crippen molar-refractivity contribution in [3.05, 3.63) is 30.3 Å². The maximum Gasteiger partial charge on any atom is 0.318 e. The Morgan fingerprint density at radius 1 is 1.16 bits per heavy atom. The van der Waals surface area contributed by atoms with E-state index in [0.717, 1.165) is 7.11 Å². The monoisotopic (exact) mass is 284 g/mol. The number of carbonyl (C=O) groups is 2. The molecule has 0 saturated heterocycles. The zero-order valence-electron chi connectivity index (χ0n) is 11.0. The summed E-state index contributed by atoms with van der Waals surface area (Å²) >= 11 is 0. The molecule has 0 aromatic heterocycles. The van der Waals surface area contributed by atoms with Crippen molar-refractivity contribution in [2.24, 2.45) is 5.41 Å². The molecule has 0 aliphatic rings. The highest BCUT2D eigenvalue weighted by atomic mass is 32.2. The summed E-state index contributed by atoms with van der Waals surface area (Å²) in [5, 5.41) is 0. The fourth-order valence-corrected chi connectivity index (χ4v) is 2.88. The van der Waals surface area contributed by atoms with Gasteiger partial charge in [-0.05, 0) is 26.0 Å². The lowest BCUT2D eigenvalue weighted by atomic mass is 9.89. The van der Waals surface area contributed by atoms with Gasteiger partial charge in [-0.3, -0.25) is 9.59 Å². The number of carbonyl (C=O) groups excluding carboxylic acids is 2. The Balaban J connectivity index is 2.98. The maximum absolute atomic E-state index is 12.0. The number of sulfone groups is 1. The summed E-state index contributed by atoms with van der Waals surface area (Å²) in [4.78, 5) is 23.5. The Bertz CT molecular complexity index is 572. The van der Waals surface area contributed by atoms with Crippen molar-refractivity contribution in [2.75, 3.05) is 12.9 Å². The van der Waals surface area contributed by atoms with Crippen molar-refractivity contribution in [2.45, 2.75) is 18.7 Å². The molecular weight excluding hydrogens is 268 g/mol. The SMILES string of the molecule is COC(=O)C(C)(C)C(=O)CS(=O)(=O)c1ccccc1. The van der Waals surface area contributed by atoms with Crippen LogP contribution in [0.25, 0.3) is 0 Å². The van der Waals surface area contributed by atoms with Gasteiger partial charge in [-0.15, -0.1) is 0 Å². The largest absolute Gasteiger partial charge is 0.468 e. The van der Waals surface area contributed by atoms with Gasteiger partial charge < -0.3 is 4.74 Å². The molecule has 6 heteroatoms. The Hall–Kier alpha value is -1.69. The van der Waals surface area contributed by atoms with E-state index in [9.17, 15) is 18.0 Å². The average molecular weight is 284 g/mol. The molecule has 1 aromatic carbocycles. The summed E-state index contributed by atoms with van der Waals surface area (Å²) in [6, 6.07) is 7.65. The molecule has 0 heterocycles. The van der Waals surface area contributed by atoms with Gasteiger partial charge in [0.15, 0.2) is 15.6 Å². The molecule has 0 saturated carbocycles. The van der Waals surface area contributed by atoms with Crippen molar-refractivity contribution >= 4 is 21.6 Å². The minimum atomic E-state index is -3.74. The Kier molecular flexibility index (Phi) is 4.47. The van der Waals surface area contributed by atoms with Crippen LogP contribution in [0.1, 0.15) is 13.8 Å². The Morgan fingerprint density at radius 3 is 2.16 bits per heavy atom. The minimum Gasteiger partial charge on any atom is -0.468 e. The van der Waals surface area contributed by atoms with Crippen molar-refractivity contribution < 1.29 is 22.7 Å². The molecule has 0 unspecified atom stereocenters. The molecule has 0 amide bonds. The summed E-state index contributed by atoms with van der Waals surface area (Å²) in [5.74, 6) is -2.16. The quantitative estimate of drug-likeness (QED) is 0.600. The smallest absolute Gasteiger partial charge is 0.318 e. The van der Waals surface area contributed by atoms with Crippen molar-refractivity contribution in [1.82, 2.24) is 0 Å². The first kappa shape index (κ1) is 15.4. The molecular formula is C13H16O5S. The summed E-state index contributed by atoms with van der Waals surface area (Å²) in [6.45, 7) is 2.70. The van der Waals surface area contributed by atoms with Crippen LogP contribution in [0.2, 0.25) is 0 Å². The van der Waals surface area contributed by atoms with E-state index in [1.807, 2.05) is 0 Å². The minimum absolute atomic E-state index is 0.0593. The van der Waals surface area contributed by atoms with Gasteiger partial charge in [0.1, 0.15) is 11.2 Å². The number of ketones is 1. The van der Waals surface area contributed by atoms with Gasteiger partial charge in [0.25, 0.3) is 0 Å². The van der Waals surface area contributed by atoms with Gasteiger partial charge in [-0.1, -0.05) is 18.2 Å². The zero-order valence-corrected chi connectivity index (χ0v) is 11.9. The van der Waals surface area contributed by atoms with Crippen LogP contribution in [0.5, 0.6) is 0 Å². The van der Waals surface area contributed by atoms with Gasteiger partial charge >= 0.3 is 5.97 Å². The molecule has 19 heavy (non-hydrogen) atoms. The molecule has 0 radical (unpaired) electrons. The normalized spacial score (nSPS) is 11.9. The molecule has 0 spiro atoms. The lowest BCUT2D eigenvalue weighted by Gasteiger charge is -2.19. The van der Waals surface area contributed by atoms with Gasteiger partial charge in [0, 0.05) is 0 Å². The van der Waals surface area contributed by atoms with Crippen molar-refractivity contribution in [3.63, 3.8) is 0 Å². The van der Waals surface area contributed by atoms with Crippen LogP contribution in [0.3, 0.4) is 0 Å². The number of hydrogen-bond acceptors (Lipinski definition) is 5. The summed E-state index contributed by atoms with van der Waals surface area (Å²) in [6.07, 6.45) is 0. The lowest BCUT2D eigenvalue weighted by Crippen LogP contribution is -2.38. The number of ether oxygens (including phenoxy) is 1. The Morgan fingerprint density at radius 2 is 1.68 bits per heavy atom. The Labute approximate surface area is 112 Å². The van der Waals surface area contributed by atoms with Gasteiger partial charge in [0.05, 0.1) is 12.0 Å². The van der Waals surface area contributed by atoms with Crippen LogP contribution < -0.4 is 0 Å². The lowest BCUT2D eigenvalue weighted by molar-refractivity contribution is -0.154. The van der Waals surface area contributed by atoms with E-state index in [1.54, 1.807) is 18.2 Å². The van der Waals surface area contributed by atoms with Crippen LogP contribution in [0.15, 0.2) is 35.2 Å². The molecule has 0 aliphatic heterocycles. The van der Waals surface area contributed by atoms with E-state index in [1.165, 1.54) is 26.0 Å². The molecule has 0 bridgehead atoms. The third-order valence-electron chi connectivity index (χ3n) is 2.82. The highest BCUT2D eigenvalue weighted by Gasteiger charge is 2.39. The average Bonchev–Trinajstić information content (AvgIpc) is 2.38. The molecule has 5 nitrogen and oxygen atoms in total. The number of hydrogen-bond donors (Lipinski definition) is 0. The summed E-state index contributed by atoms with van der Waals surface area (Å²) in [5.41, 5.74) is -1.48. The van der Waals surface area contributed by atoms with Crippen LogP contribution >= 0.6 is 0 Å². The molecule has 0 atom stereocenters. The number of rotatable bonds is 5. The second-order valence-electron chi connectivity index (χ2n) is 4.61. The fourth-order valence-electron chi connectivity index (χ4n) is 1.43. The first-order chi connectivity index (χ1) is 8.71. The second kappa shape index (κ2) is 5.52. The third kappa shape index (κ3) is 3.41. The molecule has 1 aromatic rings. The van der Waals surface area contributed by atoms with Crippen LogP contribution in [-0.4, -0.2) is 33.0 Å². The van der Waals surface area contributed by atoms with E-state index >= 15 is 0 Å². The number of methoxy groups -OCH3 is 1. The topological polar surface area (TPSA) is 77.5 Å². The molecule has 1 rings (SSSR count). The summed E-state index contributed by atoms with van der Waals surface area (Å²) in [7, 11) is -2.59. The predicted molar refractivity (Wildman–Crippen MR) is 69.3 cm³/mol. The third-order valence-corrected chi connectivity index (χ3v) is 4.45. The first-order valence-corrected chi connectivity index (χ1v) is 7.26. The van der Waals surface area contributed by atoms with Gasteiger partial charge in [-0.2, -0.15) is 0 Å². The number of Topliss-reactive ketones (excluding diaryl/α,β-unsaturated/α-hetero) is 1. The molecule has 0 N–H and O–H groups in total. The molecule has 104 valence electrons. The first-order valence-electron chi connectivity index (χ1n) is 5.61.